The first kappa shape index (κ1) is 19.0. The molecule has 0 aliphatic heterocycles. The lowest BCUT2D eigenvalue weighted by molar-refractivity contribution is 0.102. The van der Waals surface area contributed by atoms with Crippen LogP contribution in [0.1, 0.15) is 60.5 Å². The second-order valence-corrected chi connectivity index (χ2v) is 8.72. The fourth-order valence-electron chi connectivity index (χ4n) is 3.94. The average molecular weight is 396 g/mol. The molecule has 28 heavy (non-hydrogen) atoms. The number of hydrogen-bond acceptors (Lipinski definition) is 4. The van der Waals surface area contributed by atoms with E-state index in [-0.39, 0.29) is 23.1 Å². The molecule has 0 saturated heterocycles. The van der Waals surface area contributed by atoms with Crippen molar-refractivity contribution in [3.63, 3.8) is 0 Å². The van der Waals surface area contributed by atoms with E-state index >= 15 is 0 Å². The molecule has 1 fully saturated rings. The number of carbonyl (C=O) groups excluding carboxylic acids is 1. The number of para-hydroxylation sites is 1. The Labute approximate surface area is 168 Å². The number of aromatic nitrogens is 3. The van der Waals surface area contributed by atoms with Crippen LogP contribution in [-0.4, -0.2) is 25.7 Å². The second kappa shape index (κ2) is 7.24. The highest BCUT2D eigenvalue weighted by Crippen LogP contribution is 2.37. The molecule has 0 unspecified atom stereocenters. The normalized spacial score (nSPS) is 14.2. The van der Waals surface area contributed by atoms with Gasteiger partial charge in [0.05, 0.1) is 16.7 Å². The van der Waals surface area contributed by atoms with Gasteiger partial charge in [0.1, 0.15) is 0 Å². The zero-order valence-corrected chi connectivity index (χ0v) is 17.5. The zero-order chi connectivity index (χ0) is 20.0. The van der Waals surface area contributed by atoms with Crippen LogP contribution in [0.2, 0.25) is 0 Å². The van der Waals surface area contributed by atoms with Crippen LogP contribution in [0.5, 0.6) is 0 Å². The number of ketones is 1. The van der Waals surface area contributed by atoms with Crippen LogP contribution in [0.4, 0.5) is 0 Å². The van der Waals surface area contributed by atoms with E-state index < -0.39 is 0 Å². The Hall–Kier alpha value is -2.34. The minimum absolute atomic E-state index is 0.000958. The van der Waals surface area contributed by atoms with Crippen molar-refractivity contribution in [1.82, 2.24) is 14.1 Å². The number of aryl methyl sites for hydroxylation is 1. The molecular formula is C22H25N3O2S. The third-order valence-corrected chi connectivity index (χ3v) is 6.27. The highest BCUT2D eigenvalue weighted by molar-refractivity contribution is 7.99. The molecule has 6 heteroatoms. The van der Waals surface area contributed by atoms with E-state index in [2.05, 4.69) is 18.4 Å². The van der Waals surface area contributed by atoms with Crippen LogP contribution in [-0.2, 0) is 0 Å². The van der Waals surface area contributed by atoms with Gasteiger partial charge in [-0.1, -0.05) is 23.9 Å². The summed E-state index contributed by atoms with van der Waals surface area (Å²) in [7, 11) is 0. The van der Waals surface area contributed by atoms with Gasteiger partial charge < -0.3 is 4.57 Å². The number of carbonyl (C=O) groups is 1. The maximum Gasteiger partial charge on any atom is 0.262 e. The van der Waals surface area contributed by atoms with E-state index in [1.807, 2.05) is 44.2 Å². The maximum absolute atomic E-state index is 12.9. The lowest BCUT2D eigenvalue weighted by Gasteiger charge is -2.14. The molecule has 146 valence electrons. The Kier molecular flexibility index (Phi) is 4.91. The van der Waals surface area contributed by atoms with E-state index in [0.29, 0.717) is 22.1 Å². The highest BCUT2D eigenvalue weighted by atomic mass is 32.2. The van der Waals surface area contributed by atoms with E-state index in [1.165, 1.54) is 11.8 Å². The van der Waals surface area contributed by atoms with Gasteiger partial charge in [0.25, 0.3) is 5.56 Å². The molecule has 0 bridgehead atoms. The summed E-state index contributed by atoms with van der Waals surface area (Å²) in [5.74, 6) is 0.356. The summed E-state index contributed by atoms with van der Waals surface area (Å²) in [5.41, 5.74) is 3.56. The largest absolute Gasteiger partial charge is 0.346 e. The first-order chi connectivity index (χ1) is 13.4. The van der Waals surface area contributed by atoms with Crippen molar-refractivity contribution in [2.24, 2.45) is 0 Å². The highest BCUT2D eigenvalue weighted by Gasteiger charge is 2.29. The Morgan fingerprint density at radius 2 is 1.96 bits per heavy atom. The number of fused-ring (bicyclic) bond motifs is 1. The fraction of sp³-hybridized carbons (Fsp3) is 0.409. The van der Waals surface area contributed by atoms with Gasteiger partial charge in [-0.15, -0.1) is 0 Å². The molecular weight excluding hydrogens is 370 g/mol. The molecule has 0 radical (unpaired) electrons. The number of thioether (sulfide) groups is 1. The van der Waals surface area contributed by atoms with Crippen molar-refractivity contribution in [2.45, 2.75) is 57.8 Å². The van der Waals surface area contributed by atoms with Crippen LogP contribution in [0.15, 0.2) is 40.3 Å². The van der Waals surface area contributed by atoms with Crippen LogP contribution in [0.3, 0.4) is 0 Å². The molecule has 0 amide bonds. The van der Waals surface area contributed by atoms with E-state index in [9.17, 15) is 9.59 Å². The summed E-state index contributed by atoms with van der Waals surface area (Å²) >= 11 is 1.37. The first-order valence-electron chi connectivity index (χ1n) is 9.74. The third kappa shape index (κ3) is 3.30. The molecule has 1 aromatic carbocycles. The van der Waals surface area contributed by atoms with Crippen LogP contribution < -0.4 is 5.56 Å². The predicted octanol–water partition coefficient (Wildman–Crippen LogP) is 4.71. The summed E-state index contributed by atoms with van der Waals surface area (Å²) in [5, 5.41) is 1.29. The monoisotopic (exact) mass is 395 g/mol. The first-order valence-corrected chi connectivity index (χ1v) is 10.7. The van der Waals surface area contributed by atoms with E-state index in [1.54, 1.807) is 4.57 Å². The minimum atomic E-state index is 0.000958. The number of Topliss-reactive ketones (excluding diaryl/α,β-unsaturated/α-hetero) is 1. The van der Waals surface area contributed by atoms with Gasteiger partial charge >= 0.3 is 0 Å². The Morgan fingerprint density at radius 1 is 1.25 bits per heavy atom. The van der Waals surface area contributed by atoms with Gasteiger partial charge in [0.2, 0.25) is 0 Å². The molecule has 1 aliphatic carbocycles. The van der Waals surface area contributed by atoms with Crippen molar-refractivity contribution < 1.29 is 4.79 Å². The number of rotatable bonds is 6. The summed E-state index contributed by atoms with van der Waals surface area (Å²) in [6, 6.07) is 9.93. The predicted molar refractivity (Wildman–Crippen MR) is 114 cm³/mol. The number of nitrogens with zero attached hydrogens (tertiary/aromatic N) is 3. The van der Waals surface area contributed by atoms with Crippen molar-refractivity contribution in [3.8, 4) is 0 Å². The van der Waals surface area contributed by atoms with Crippen molar-refractivity contribution in [3.05, 3.63) is 57.6 Å². The molecule has 2 aromatic heterocycles. The number of benzene rings is 1. The van der Waals surface area contributed by atoms with Crippen molar-refractivity contribution in [2.75, 3.05) is 5.75 Å². The molecule has 0 spiro atoms. The summed E-state index contributed by atoms with van der Waals surface area (Å²) in [6.07, 6.45) is 1.99. The zero-order valence-electron chi connectivity index (χ0n) is 16.7. The lowest BCUT2D eigenvalue weighted by atomic mass is 10.2. The fourth-order valence-corrected chi connectivity index (χ4v) is 4.89. The van der Waals surface area contributed by atoms with Gasteiger partial charge in [-0.05, 0) is 58.7 Å². The Morgan fingerprint density at radius 3 is 2.61 bits per heavy atom. The minimum Gasteiger partial charge on any atom is -0.346 e. The molecule has 1 saturated carbocycles. The second-order valence-electron chi connectivity index (χ2n) is 7.78. The third-order valence-electron chi connectivity index (χ3n) is 5.32. The topological polar surface area (TPSA) is 56.9 Å². The lowest BCUT2D eigenvalue weighted by Crippen LogP contribution is -2.22. The van der Waals surface area contributed by atoms with Crippen LogP contribution >= 0.6 is 11.8 Å². The Bertz CT molecular complexity index is 1120. The van der Waals surface area contributed by atoms with Gasteiger partial charge in [0.15, 0.2) is 10.9 Å². The van der Waals surface area contributed by atoms with Gasteiger partial charge in [-0.25, -0.2) is 4.98 Å². The molecule has 2 heterocycles. The van der Waals surface area contributed by atoms with Crippen LogP contribution in [0.25, 0.3) is 10.9 Å². The smallest absolute Gasteiger partial charge is 0.262 e. The molecule has 4 rings (SSSR count). The van der Waals surface area contributed by atoms with Gasteiger partial charge in [0, 0.05) is 29.0 Å². The maximum atomic E-state index is 12.9. The van der Waals surface area contributed by atoms with Crippen LogP contribution in [0, 0.1) is 13.8 Å². The summed E-state index contributed by atoms with van der Waals surface area (Å²) in [6.45, 7) is 8.28. The molecule has 1 aliphatic rings. The molecule has 5 nitrogen and oxygen atoms in total. The standard InChI is InChI=1S/C22H25N3O2S/c1-13(2)24-14(3)11-18(15(24)4)20(26)12-28-22-23-19-8-6-5-7-17(19)21(27)25(22)16-9-10-16/h5-8,11,13,16H,9-10,12H2,1-4H3. The summed E-state index contributed by atoms with van der Waals surface area (Å²) < 4.78 is 3.98. The Balaban J connectivity index is 1.64. The number of hydrogen-bond donors (Lipinski definition) is 0. The molecule has 0 N–H and O–H groups in total. The van der Waals surface area contributed by atoms with Gasteiger partial charge in [-0.3, -0.25) is 14.2 Å². The van der Waals surface area contributed by atoms with Crippen molar-refractivity contribution in [1.29, 1.82) is 0 Å². The van der Waals surface area contributed by atoms with E-state index in [4.69, 9.17) is 4.98 Å². The van der Waals surface area contributed by atoms with Crippen molar-refractivity contribution >= 4 is 28.4 Å². The summed E-state index contributed by atoms with van der Waals surface area (Å²) in [4.78, 5) is 30.6. The molecule has 3 aromatic rings. The van der Waals surface area contributed by atoms with Gasteiger partial charge in [-0.2, -0.15) is 0 Å². The SMILES string of the molecule is Cc1cc(C(=O)CSc2nc3ccccc3c(=O)n2C2CC2)c(C)n1C(C)C. The average Bonchev–Trinajstić information content (AvgIpc) is 3.44. The van der Waals surface area contributed by atoms with E-state index in [0.717, 1.165) is 29.8 Å². The quantitative estimate of drug-likeness (QED) is 0.345. The molecule has 0 atom stereocenters.